The van der Waals surface area contributed by atoms with Crippen molar-refractivity contribution < 1.29 is 22.0 Å². The van der Waals surface area contributed by atoms with Gasteiger partial charge in [0, 0.05) is 0 Å². The zero-order chi connectivity index (χ0) is 10.9. The Morgan fingerprint density at radius 2 is 1.07 bits per heavy atom. The second-order valence-corrected chi connectivity index (χ2v) is 2.13. The summed E-state index contributed by atoms with van der Waals surface area (Å²) >= 11 is 0. The van der Waals surface area contributed by atoms with Gasteiger partial charge in [-0.15, -0.1) is 5.11 Å². The van der Waals surface area contributed by atoms with Crippen molar-refractivity contribution in [3.8, 4) is 0 Å². The van der Waals surface area contributed by atoms with Crippen molar-refractivity contribution in [3.63, 3.8) is 0 Å². The molecule has 1 rings (SSSR count). The zero-order valence-electron chi connectivity index (χ0n) is 6.36. The molecule has 0 radical (unpaired) electrons. The monoisotopic (exact) mass is 211 g/mol. The van der Waals surface area contributed by atoms with Crippen LogP contribution in [0.2, 0.25) is 0 Å². The number of hydrogen-bond acceptors (Lipinski definition) is 2. The molecule has 0 atom stereocenters. The van der Waals surface area contributed by atoms with Gasteiger partial charge in [-0.25, -0.2) is 22.0 Å². The van der Waals surface area contributed by atoms with E-state index in [0.717, 1.165) is 0 Å². The Hall–Kier alpha value is -1.73. The van der Waals surface area contributed by atoms with Crippen LogP contribution in [0.4, 0.5) is 27.6 Å². The van der Waals surface area contributed by atoms with Crippen LogP contribution in [0.5, 0.6) is 0 Å². The van der Waals surface area contributed by atoms with Crippen molar-refractivity contribution in [2.24, 2.45) is 16.2 Å². The summed E-state index contributed by atoms with van der Waals surface area (Å²) in [6.45, 7) is 0. The molecule has 0 spiro atoms. The normalized spacial score (nSPS) is 11.2. The molecule has 1 aromatic carbocycles. The van der Waals surface area contributed by atoms with Gasteiger partial charge in [-0.2, -0.15) is 0 Å². The molecule has 0 amide bonds. The summed E-state index contributed by atoms with van der Waals surface area (Å²) in [7, 11) is 0. The van der Waals surface area contributed by atoms with Crippen molar-refractivity contribution in [2.75, 3.05) is 0 Å². The Bertz CT molecular complexity index is 374. The second kappa shape index (κ2) is 3.56. The maximum atomic E-state index is 12.7. The lowest BCUT2D eigenvalue weighted by molar-refractivity contribution is 0.380. The maximum absolute atomic E-state index is 12.7. The summed E-state index contributed by atoms with van der Waals surface area (Å²) in [5, 5.41) is 5.00. The topological polar surface area (TPSA) is 50.7 Å². The minimum absolute atomic E-state index is 1.41. The van der Waals surface area contributed by atoms with Crippen LogP contribution in [0.25, 0.3) is 0 Å². The zero-order valence-corrected chi connectivity index (χ0v) is 6.36. The number of nitrogens with zero attached hydrogens (tertiary/aromatic N) is 2. The molecule has 1 aromatic rings. The fourth-order valence-electron chi connectivity index (χ4n) is 0.739. The van der Waals surface area contributed by atoms with Gasteiger partial charge in [0.1, 0.15) is 0 Å². The molecular formula is C6H2F5N3. The molecule has 0 unspecified atom stereocenters. The molecule has 0 saturated heterocycles. The molecule has 0 fully saturated rings. The lowest BCUT2D eigenvalue weighted by Gasteiger charge is -2.01. The van der Waals surface area contributed by atoms with Gasteiger partial charge in [0.2, 0.25) is 5.82 Å². The molecule has 2 N–H and O–H groups in total. The standard InChI is InChI=1S/C6H2F5N3/c7-1-2(8)4(10)6(13-14-12)5(11)3(1)9/h(H2,12,13). The van der Waals surface area contributed by atoms with E-state index < -0.39 is 34.8 Å². The average Bonchev–Trinajstić information content (AvgIpc) is 2.19. The molecule has 8 heteroatoms. The summed E-state index contributed by atoms with van der Waals surface area (Å²) in [6.07, 6.45) is 0. The molecule has 0 aromatic heterocycles. The third kappa shape index (κ3) is 1.38. The van der Waals surface area contributed by atoms with Crippen molar-refractivity contribution in [3.05, 3.63) is 29.1 Å². The molecule has 0 bridgehead atoms. The van der Waals surface area contributed by atoms with Gasteiger partial charge in [-0.1, -0.05) is 5.22 Å². The van der Waals surface area contributed by atoms with Crippen LogP contribution in [0, 0.1) is 29.1 Å². The molecule has 76 valence electrons. The number of halogens is 5. The fourth-order valence-corrected chi connectivity index (χ4v) is 0.739. The molecule has 0 aliphatic carbocycles. The van der Waals surface area contributed by atoms with Gasteiger partial charge in [0.25, 0.3) is 0 Å². The molecular weight excluding hydrogens is 209 g/mol. The van der Waals surface area contributed by atoms with E-state index in [9.17, 15) is 22.0 Å². The van der Waals surface area contributed by atoms with Crippen molar-refractivity contribution in [2.45, 2.75) is 0 Å². The quantitative estimate of drug-likeness (QED) is 0.190. The summed E-state index contributed by atoms with van der Waals surface area (Å²) in [5.74, 6) is -6.16. The van der Waals surface area contributed by atoms with E-state index in [1.54, 1.807) is 0 Å². The minimum atomic E-state index is -2.25. The number of rotatable bonds is 1. The third-order valence-corrected chi connectivity index (χ3v) is 1.34. The van der Waals surface area contributed by atoms with Crippen LogP contribution in [-0.4, -0.2) is 0 Å². The highest BCUT2D eigenvalue weighted by molar-refractivity contribution is 5.41. The van der Waals surface area contributed by atoms with Crippen LogP contribution in [0.3, 0.4) is 0 Å². The third-order valence-electron chi connectivity index (χ3n) is 1.34. The van der Waals surface area contributed by atoms with Crippen LogP contribution < -0.4 is 5.84 Å². The second-order valence-electron chi connectivity index (χ2n) is 2.13. The first-order valence-corrected chi connectivity index (χ1v) is 3.13. The molecule has 0 aliphatic heterocycles. The summed E-state index contributed by atoms with van der Waals surface area (Å²) in [6, 6.07) is 0. The van der Waals surface area contributed by atoms with E-state index in [-0.39, 0.29) is 0 Å². The molecule has 14 heavy (non-hydrogen) atoms. The molecule has 0 aliphatic rings. The van der Waals surface area contributed by atoms with Gasteiger partial charge in [0.15, 0.2) is 29.0 Å². The summed E-state index contributed by atoms with van der Waals surface area (Å²) in [5.41, 5.74) is -1.41. The van der Waals surface area contributed by atoms with E-state index in [0.29, 0.717) is 0 Å². The molecule has 3 nitrogen and oxygen atoms in total. The Morgan fingerprint density at radius 1 is 0.714 bits per heavy atom. The maximum Gasteiger partial charge on any atom is 0.200 e. The highest BCUT2D eigenvalue weighted by Crippen LogP contribution is 2.29. The van der Waals surface area contributed by atoms with E-state index in [1.807, 2.05) is 0 Å². The predicted octanol–water partition coefficient (Wildman–Crippen LogP) is 2.34. The van der Waals surface area contributed by atoms with E-state index in [4.69, 9.17) is 0 Å². The largest absolute Gasteiger partial charge is 0.305 e. The van der Waals surface area contributed by atoms with Crippen LogP contribution >= 0.6 is 0 Å². The highest BCUT2D eigenvalue weighted by Gasteiger charge is 2.25. The van der Waals surface area contributed by atoms with E-state index >= 15 is 0 Å². The Morgan fingerprint density at radius 3 is 1.43 bits per heavy atom. The van der Waals surface area contributed by atoms with Crippen LogP contribution in [0.15, 0.2) is 10.3 Å². The van der Waals surface area contributed by atoms with E-state index in [1.165, 1.54) is 0 Å². The number of hydrogen-bond donors (Lipinski definition) is 1. The van der Waals surface area contributed by atoms with Gasteiger partial charge < -0.3 is 5.84 Å². The fraction of sp³-hybridized carbons (Fsp3) is 0. The van der Waals surface area contributed by atoms with Gasteiger partial charge in [-0.05, 0) is 0 Å². The SMILES string of the molecule is NN=Nc1c(F)c(F)c(F)c(F)c1F. The average molecular weight is 211 g/mol. The number of benzene rings is 1. The van der Waals surface area contributed by atoms with Crippen molar-refractivity contribution in [1.82, 2.24) is 0 Å². The lowest BCUT2D eigenvalue weighted by Crippen LogP contribution is -2.00. The van der Waals surface area contributed by atoms with Crippen LogP contribution in [-0.2, 0) is 0 Å². The van der Waals surface area contributed by atoms with Crippen LogP contribution in [0.1, 0.15) is 0 Å². The highest BCUT2D eigenvalue weighted by atomic mass is 19.2. The van der Waals surface area contributed by atoms with Gasteiger partial charge in [-0.3, -0.25) is 0 Å². The molecule has 0 heterocycles. The smallest absolute Gasteiger partial charge is 0.200 e. The van der Waals surface area contributed by atoms with Gasteiger partial charge in [0.05, 0.1) is 0 Å². The number of nitrogens with two attached hydrogens (primary N) is 1. The lowest BCUT2D eigenvalue weighted by atomic mass is 10.2. The first kappa shape index (κ1) is 10.4. The summed E-state index contributed by atoms with van der Waals surface area (Å²) < 4.78 is 62.6. The minimum Gasteiger partial charge on any atom is -0.305 e. The predicted molar refractivity (Wildman–Crippen MR) is 34.9 cm³/mol. The Labute approximate surface area is 74.0 Å². The summed E-state index contributed by atoms with van der Waals surface area (Å²) in [4.78, 5) is 0. The Balaban J connectivity index is 3.59. The van der Waals surface area contributed by atoms with Crippen molar-refractivity contribution in [1.29, 1.82) is 0 Å². The van der Waals surface area contributed by atoms with E-state index in [2.05, 4.69) is 16.2 Å². The Kier molecular flexibility index (Phi) is 2.63. The molecule has 0 saturated carbocycles. The van der Waals surface area contributed by atoms with Crippen molar-refractivity contribution >= 4 is 5.69 Å². The van der Waals surface area contributed by atoms with Gasteiger partial charge >= 0.3 is 0 Å². The first-order chi connectivity index (χ1) is 6.50. The first-order valence-electron chi connectivity index (χ1n) is 3.13.